The highest BCUT2D eigenvalue weighted by atomic mass is 32.2. The first-order valence-electron chi connectivity index (χ1n) is 7.10. The summed E-state index contributed by atoms with van der Waals surface area (Å²) < 4.78 is 50.7. The predicted octanol–water partition coefficient (Wildman–Crippen LogP) is 0.640. The van der Waals surface area contributed by atoms with Crippen LogP contribution in [0.1, 0.15) is 26.7 Å². The molecule has 1 aliphatic rings. The van der Waals surface area contributed by atoms with Gasteiger partial charge in [0.25, 0.3) is 10.0 Å². The van der Waals surface area contributed by atoms with E-state index in [1.165, 1.54) is 16.6 Å². The molecule has 0 saturated carbocycles. The third-order valence-corrected chi connectivity index (χ3v) is 8.50. The summed E-state index contributed by atoms with van der Waals surface area (Å²) in [4.78, 5) is 3.85. The second kappa shape index (κ2) is 6.13. The van der Waals surface area contributed by atoms with E-state index >= 15 is 0 Å². The van der Waals surface area contributed by atoms with Crippen molar-refractivity contribution < 1.29 is 16.8 Å². The van der Waals surface area contributed by atoms with Crippen molar-refractivity contribution in [3.05, 3.63) is 18.3 Å². The van der Waals surface area contributed by atoms with Gasteiger partial charge in [0.2, 0.25) is 0 Å². The van der Waals surface area contributed by atoms with E-state index < -0.39 is 30.4 Å². The number of pyridine rings is 1. The third-order valence-electron chi connectivity index (χ3n) is 3.91. The van der Waals surface area contributed by atoms with Crippen molar-refractivity contribution in [1.29, 1.82) is 0 Å². The molecule has 124 valence electrons. The highest BCUT2D eigenvalue weighted by Gasteiger charge is 2.37. The van der Waals surface area contributed by atoms with Gasteiger partial charge in [-0.3, -0.25) is 0 Å². The Morgan fingerprint density at radius 1 is 1.23 bits per heavy atom. The van der Waals surface area contributed by atoms with Crippen molar-refractivity contribution in [3.63, 3.8) is 0 Å². The number of hydrogen-bond acceptors (Lipinski definition) is 6. The minimum atomic E-state index is -3.78. The zero-order valence-electron chi connectivity index (χ0n) is 12.6. The van der Waals surface area contributed by atoms with E-state index in [0.29, 0.717) is 12.8 Å². The molecule has 1 aliphatic heterocycles. The first kappa shape index (κ1) is 17.2. The summed E-state index contributed by atoms with van der Waals surface area (Å²) >= 11 is 0. The molecule has 0 radical (unpaired) electrons. The zero-order chi connectivity index (χ0) is 16.5. The normalized spacial score (nSPS) is 18.7. The lowest BCUT2D eigenvalue weighted by molar-refractivity contribution is 0.344. The quantitative estimate of drug-likeness (QED) is 0.856. The zero-order valence-corrected chi connectivity index (χ0v) is 14.3. The number of anilines is 1. The molecular weight excluding hydrogens is 326 g/mol. The van der Waals surface area contributed by atoms with E-state index in [1.54, 1.807) is 19.9 Å². The van der Waals surface area contributed by atoms with E-state index in [4.69, 9.17) is 5.73 Å². The third kappa shape index (κ3) is 3.11. The first-order valence-corrected chi connectivity index (χ1v) is 10.2. The fourth-order valence-electron chi connectivity index (χ4n) is 2.53. The Kier molecular flexibility index (Phi) is 4.78. The van der Waals surface area contributed by atoms with E-state index in [-0.39, 0.29) is 23.8 Å². The Bertz CT molecular complexity index is 736. The van der Waals surface area contributed by atoms with Crippen LogP contribution in [0.25, 0.3) is 0 Å². The maximum atomic E-state index is 12.5. The van der Waals surface area contributed by atoms with Crippen LogP contribution in [0, 0.1) is 0 Å². The van der Waals surface area contributed by atoms with E-state index in [9.17, 15) is 16.8 Å². The molecule has 0 spiro atoms. The molecule has 1 aromatic rings. The summed E-state index contributed by atoms with van der Waals surface area (Å²) in [7, 11) is -6.98. The Balaban J connectivity index is 2.17. The maximum Gasteiger partial charge on any atom is 0.262 e. The maximum absolute atomic E-state index is 12.5. The summed E-state index contributed by atoms with van der Waals surface area (Å²) in [5.74, 6) is 0. The Labute approximate surface area is 131 Å². The lowest BCUT2D eigenvalue weighted by Crippen LogP contribution is -2.44. The van der Waals surface area contributed by atoms with Gasteiger partial charge in [0.05, 0.1) is 16.2 Å². The number of nitrogen functional groups attached to an aromatic ring is 1. The molecule has 0 atom stereocenters. The van der Waals surface area contributed by atoms with Gasteiger partial charge in [0.1, 0.15) is 0 Å². The van der Waals surface area contributed by atoms with E-state index in [0.717, 1.165) is 0 Å². The molecule has 1 fully saturated rings. The number of rotatable bonds is 4. The molecule has 1 saturated heterocycles. The molecule has 1 aromatic heterocycles. The first-order chi connectivity index (χ1) is 10.2. The van der Waals surface area contributed by atoms with Gasteiger partial charge in [0.15, 0.2) is 14.9 Å². The second-order valence-corrected chi connectivity index (χ2v) is 10.3. The molecule has 0 unspecified atom stereocenters. The van der Waals surface area contributed by atoms with Gasteiger partial charge in [-0.25, -0.2) is 21.8 Å². The Morgan fingerprint density at radius 2 is 1.82 bits per heavy atom. The van der Waals surface area contributed by atoms with Crippen molar-refractivity contribution in [2.45, 2.75) is 42.2 Å². The lowest BCUT2D eigenvalue weighted by Gasteiger charge is -2.31. The topological polar surface area (TPSA) is 110 Å². The summed E-state index contributed by atoms with van der Waals surface area (Å²) in [6.45, 7) is 3.62. The van der Waals surface area contributed by atoms with Crippen LogP contribution >= 0.6 is 0 Å². The summed E-state index contributed by atoms with van der Waals surface area (Å²) in [5.41, 5.74) is 5.78. The molecule has 0 aliphatic carbocycles. The second-order valence-electron chi connectivity index (χ2n) is 5.64. The van der Waals surface area contributed by atoms with Crippen LogP contribution in [-0.4, -0.2) is 49.7 Å². The van der Waals surface area contributed by atoms with Gasteiger partial charge < -0.3 is 5.73 Å². The number of sulfonamides is 1. The van der Waals surface area contributed by atoms with Gasteiger partial charge in [-0.2, -0.15) is 4.31 Å². The summed E-state index contributed by atoms with van der Waals surface area (Å²) in [6, 6.07) is 3.05. The smallest absolute Gasteiger partial charge is 0.262 e. The van der Waals surface area contributed by atoms with Crippen molar-refractivity contribution in [2.24, 2.45) is 0 Å². The van der Waals surface area contributed by atoms with Gasteiger partial charge >= 0.3 is 0 Å². The molecule has 0 bridgehead atoms. The van der Waals surface area contributed by atoms with Crippen LogP contribution in [0.15, 0.2) is 23.4 Å². The molecule has 2 N–H and O–H groups in total. The Hall–Kier alpha value is -1.19. The number of hydrogen-bond donors (Lipinski definition) is 1. The number of nitrogens with two attached hydrogens (primary N) is 1. The number of sulfone groups is 1. The fraction of sp³-hybridized carbons (Fsp3) is 0.615. The fourth-order valence-corrected chi connectivity index (χ4v) is 5.66. The number of piperidine rings is 1. The molecule has 0 amide bonds. The largest absolute Gasteiger partial charge is 0.396 e. The average molecular weight is 347 g/mol. The molecular formula is C13H21N3O4S2. The molecule has 2 rings (SSSR count). The van der Waals surface area contributed by atoms with Gasteiger partial charge in [0, 0.05) is 19.3 Å². The number of nitrogens with zero attached hydrogens (tertiary/aromatic N) is 2. The highest BCUT2D eigenvalue weighted by molar-refractivity contribution is 7.92. The van der Waals surface area contributed by atoms with E-state index in [1.807, 2.05) is 0 Å². The predicted molar refractivity (Wildman–Crippen MR) is 84.5 cm³/mol. The highest BCUT2D eigenvalue weighted by Crippen LogP contribution is 2.26. The monoisotopic (exact) mass is 347 g/mol. The summed E-state index contributed by atoms with van der Waals surface area (Å²) in [5, 5.41) is -1.10. The molecule has 22 heavy (non-hydrogen) atoms. The van der Waals surface area contributed by atoms with Crippen LogP contribution in [0.2, 0.25) is 0 Å². The van der Waals surface area contributed by atoms with Gasteiger partial charge in [-0.05, 0) is 38.8 Å². The average Bonchev–Trinajstić information content (AvgIpc) is 2.47. The van der Waals surface area contributed by atoms with Crippen molar-refractivity contribution in [3.8, 4) is 0 Å². The van der Waals surface area contributed by atoms with Crippen molar-refractivity contribution >= 4 is 25.5 Å². The van der Waals surface area contributed by atoms with Crippen LogP contribution in [0.4, 0.5) is 5.69 Å². The number of aromatic nitrogens is 1. The van der Waals surface area contributed by atoms with Crippen LogP contribution in [0.3, 0.4) is 0 Å². The Morgan fingerprint density at radius 3 is 2.32 bits per heavy atom. The van der Waals surface area contributed by atoms with Crippen LogP contribution in [-0.2, 0) is 19.9 Å². The van der Waals surface area contributed by atoms with Crippen LogP contribution in [0.5, 0.6) is 0 Å². The minimum Gasteiger partial charge on any atom is -0.396 e. The van der Waals surface area contributed by atoms with Gasteiger partial charge in [-0.1, -0.05) is 0 Å². The molecule has 0 aromatic carbocycles. The lowest BCUT2D eigenvalue weighted by atomic mass is 10.2. The minimum absolute atomic E-state index is 0.0967. The molecule has 9 heteroatoms. The standard InChI is InChI=1S/C13H21N3O4S2/c1-10(2)21(17,18)11-5-8-16(9-6-11)22(19,20)13-12(14)4-3-7-15-13/h3-4,7,10-11H,5-6,8-9,14H2,1-2H3. The molecule has 7 nitrogen and oxygen atoms in total. The summed E-state index contributed by atoms with van der Waals surface area (Å²) in [6.07, 6.45) is 1.97. The molecule has 2 heterocycles. The van der Waals surface area contributed by atoms with Crippen LogP contribution < -0.4 is 5.73 Å². The SMILES string of the molecule is CC(C)S(=O)(=O)C1CCN(S(=O)(=O)c2ncccc2N)CC1. The van der Waals surface area contributed by atoms with E-state index in [2.05, 4.69) is 4.98 Å². The van der Waals surface area contributed by atoms with Gasteiger partial charge in [-0.15, -0.1) is 0 Å². The van der Waals surface area contributed by atoms with Crippen molar-refractivity contribution in [2.75, 3.05) is 18.8 Å². The van der Waals surface area contributed by atoms with Crippen molar-refractivity contribution in [1.82, 2.24) is 9.29 Å².